The van der Waals surface area contributed by atoms with Gasteiger partial charge in [-0.05, 0) is 18.6 Å². The van der Waals surface area contributed by atoms with Crippen LogP contribution in [0.4, 0.5) is 5.82 Å². The van der Waals surface area contributed by atoms with E-state index in [2.05, 4.69) is 14.9 Å². The molecule has 0 saturated heterocycles. The zero-order chi connectivity index (χ0) is 14.6. The fourth-order valence-corrected chi connectivity index (χ4v) is 2.80. The zero-order valence-corrected chi connectivity index (χ0v) is 12.2. The van der Waals surface area contributed by atoms with Crippen molar-refractivity contribution in [3.05, 3.63) is 36.0 Å². The Bertz CT molecular complexity index is 680. The maximum Gasteiger partial charge on any atom is 0.263 e. The molecule has 2 N–H and O–H groups in total. The van der Waals surface area contributed by atoms with E-state index in [0.29, 0.717) is 5.75 Å². The molecule has 1 heterocycles. The Morgan fingerprint density at radius 3 is 2.85 bits per heavy atom. The van der Waals surface area contributed by atoms with E-state index in [-0.39, 0.29) is 10.7 Å². The van der Waals surface area contributed by atoms with E-state index < -0.39 is 10.0 Å². The average molecular weight is 295 g/mol. The minimum absolute atomic E-state index is 0.136. The van der Waals surface area contributed by atoms with E-state index in [9.17, 15) is 8.42 Å². The molecule has 2 aromatic rings. The molecule has 6 nitrogen and oxygen atoms in total. The van der Waals surface area contributed by atoms with Crippen LogP contribution in [0.5, 0.6) is 5.75 Å². The molecular formula is C13H17N3O3S. The van der Waals surface area contributed by atoms with Crippen molar-refractivity contribution in [1.82, 2.24) is 10.2 Å². The van der Waals surface area contributed by atoms with Crippen molar-refractivity contribution in [3.63, 3.8) is 0 Å². The Morgan fingerprint density at radius 1 is 1.35 bits per heavy atom. The number of sulfonamides is 1. The Balaban J connectivity index is 2.21. The summed E-state index contributed by atoms with van der Waals surface area (Å²) in [5.41, 5.74) is 0.899. The summed E-state index contributed by atoms with van der Waals surface area (Å²) in [5, 5.41) is 6.74. The molecule has 1 aromatic carbocycles. The number of methoxy groups -OCH3 is 1. The van der Waals surface area contributed by atoms with E-state index in [1.54, 1.807) is 18.2 Å². The van der Waals surface area contributed by atoms with Gasteiger partial charge in [-0.3, -0.25) is 9.82 Å². The van der Waals surface area contributed by atoms with Crippen molar-refractivity contribution in [2.24, 2.45) is 0 Å². The van der Waals surface area contributed by atoms with E-state index >= 15 is 0 Å². The molecule has 0 amide bonds. The summed E-state index contributed by atoms with van der Waals surface area (Å²) >= 11 is 0. The number of benzene rings is 1. The van der Waals surface area contributed by atoms with E-state index in [0.717, 1.165) is 18.5 Å². The smallest absolute Gasteiger partial charge is 0.263 e. The number of nitrogens with zero attached hydrogens (tertiary/aromatic N) is 1. The number of hydrogen-bond acceptors (Lipinski definition) is 4. The van der Waals surface area contributed by atoms with Crippen LogP contribution < -0.4 is 9.46 Å². The third-order valence-electron chi connectivity index (χ3n) is 2.74. The SMILES string of the molecule is CCCc1cc(NS(=O)(=O)c2cccc(OC)c2)n[nH]1. The Morgan fingerprint density at radius 2 is 2.15 bits per heavy atom. The molecule has 108 valence electrons. The molecule has 0 bridgehead atoms. The minimum atomic E-state index is -3.66. The van der Waals surface area contributed by atoms with Crippen LogP contribution in [0.2, 0.25) is 0 Å². The molecule has 7 heteroatoms. The third kappa shape index (κ3) is 3.30. The number of rotatable bonds is 6. The topological polar surface area (TPSA) is 84.1 Å². The Hall–Kier alpha value is -2.02. The van der Waals surface area contributed by atoms with E-state index in [1.807, 2.05) is 6.92 Å². The molecule has 2 rings (SSSR count). The first kappa shape index (κ1) is 14.4. The molecule has 20 heavy (non-hydrogen) atoms. The quantitative estimate of drug-likeness (QED) is 0.855. The van der Waals surface area contributed by atoms with Crippen LogP contribution in [0.3, 0.4) is 0 Å². The van der Waals surface area contributed by atoms with E-state index in [1.165, 1.54) is 19.2 Å². The summed E-state index contributed by atoms with van der Waals surface area (Å²) in [6, 6.07) is 7.97. The largest absolute Gasteiger partial charge is 0.497 e. The van der Waals surface area contributed by atoms with Crippen molar-refractivity contribution < 1.29 is 13.2 Å². The van der Waals surface area contributed by atoms with Gasteiger partial charge in [-0.15, -0.1) is 0 Å². The number of aromatic nitrogens is 2. The molecule has 1 aromatic heterocycles. The predicted octanol–water partition coefficient (Wildman–Crippen LogP) is 2.17. The predicted molar refractivity (Wildman–Crippen MR) is 76.4 cm³/mol. The van der Waals surface area contributed by atoms with Gasteiger partial charge in [-0.2, -0.15) is 5.10 Å². The van der Waals surface area contributed by atoms with Crippen LogP contribution in [0.15, 0.2) is 35.2 Å². The van der Waals surface area contributed by atoms with Crippen LogP contribution in [-0.2, 0) is 16.4 Å². The molecule has 0 unspecified atom stereocenters. The third-order valence-corrected chi connectivity index (χ3v) is 4.09. The highest BCUT2D eigenvalue weighted by Crippen LogP contribution is 2.19. The molecule has 0 spiro atoms. The van der Waals surface area contributed by atoms with Crippen molar-refractivity contribution in [2.75, 3.05) is 11.8 Å². The normalized spacial score (nSPS) is 11.3. The molecule has 0 aliphatic carbocycles. The van der Waals surface area contributed by atoms with Gasteiger partial charge < -0.3 is 4.74 Å². The standard InChI is InChI=1S/C13H17N3O3S/c1-3-5-10-8-13(15-14-10)16-20(17,18)12-7-4-6-11(9-12)19-2/h4,6-9H,3,5H2,1-2H3,(H2,14,15,16). The van der Waals surface area contributed by atoms with Gasteiger partial charge in [-0.1, -0.05) is 19.4 Å². The fraction of sp³-hybridized carbons (Fsp3) is 0.308. The minimum Gasteiger partial charge on any atom is -0.497 e. The lowest BCUT2D eigenvalue weighted by molar-refractivity contribution is 0.413. The van der Waals surface area contributed by atoms with Gasteiger partial charge in [0.2, 0.25) is 0 Å². The molecule has 0 radical (unpaired) electrons. The van der Waals surface area contributed by atoms with Gasteiger partial charge in [0.1, 0.15) is 5.75 Å². The lowest BCUT2D eigenvalue weighted by Gasteiger charge is -2.06. The summed E-state index contributed by atoms with van der Waals surface area (Å²) in [6.45, 7) is 2.04. The maximum absolute atomic E-state index is 12.2. The highest BCUT2D eigenvalue weighted by Gasteiger charge is 2.16. The molecule has 0 saturated carbocycles. The monoisotopic (exact) mass is 295 g/mol. The number of H-pyrrole nitrogens is 1. The second-order valence-electron chi connectivity index (χ2n) is 4.31. The number of anilines is 1. The van der Waals surface area contributed by atoms with E-state index in [4.69, 9.17) is 4.74 Å². The number of nitrogens with one attached hydrogen (secondary N) is 2. The molecule has 0 atom stereocenters. The highest BCUT2D eigenvalue weighted by molar-refractivity contribution is 7.92. The Kier molecular flexibility index (Phi) is 4.29. The average Bonchev–Trinajstić information content (AvgIpc) is 2.86. The molecule has 0 aliphatic rings. The zero-order valence-electron chi connectivity index (χ0n) is 11.4. The number of aryl methyl sites for hydroxylation is 1. The first-order valence-corrected chi connectivity index (χ1v) is 7.74. The van der Waals surface area contributed by atoms with Gasteiger partial charge >= 0.3 is 0 Å². The van der Waals surface area contributed by atoms with Crippen molar-refractivity contribution in [3.8, 4) is 5.75 Å². The summed E-state index contributed by atoms with van der Waals surface area (Å²) in [5.74, 6) is 0.776. The molecule has 0 aliphatic heterocycles. The number of aromatic amines is 1. The van der Waals surface area contributed by atoms with Crippen molar-refractivity contribution >= 4 is 15.8 Å². The van der Waals surface area contributed by atoms with Crippen LogP contribution >= 0.6 is 0 Å². The number of ether oxygens (including phenoxy) is 1. The lowest BCUT2D eigenvalue weighted by atomic mass is 10.2. The van der Waals surface area contributed by atoms with Gasteiger partial charge in [0.05, 0.1) is 12.0 Å². The number of hydrogen-bond donors (Lipinski definition) is 2. The maximum atomic E-state index is 12.2. The van der Waals surface area contributed by atoms with Crippen LogP contribution in [0.1, 0.15) is 19.0 Å². The molecular weight excluding hydrogens is 278 g/mol. The van der Waals surface area contributed by atoms with Crippen molar-refractivity contribution in [2.45, 2.75) is 24.7 Å². The van der Waals surface area contributed by atoms with Crippen LogP contribution in [0.25, 0.3) is 0 Å². The van der Waals surface area contributed by atoms with Crippen LogP contribution in [0, 0.1) is 0 Å². The summed E-state index contributed by atoms with van der Waals surface area (Å²) in [7, 11) is -2.17. The first-order chi connectivity index (χ1) is 9.55. The summed E-state index contributed by atoms with van der Waals surface area (Å²) in [4.78, 5) is 0.136. The lowest BCUT2D eigenvalue weighted by Crippen LogP contribution is -2.13. The van der Waals surface area contributed by atoms with Crippen molar-refractivity contribution in [1.29, 1.82) is 0 Å². The van der Waals surface area contributed by atoms with Gasteiger partial charge in [0, 0.05) is 17.8 Å². The van der Waals surface area contributed by atoms with Crippen LogP contribution in [-0.4, -0.2) is 25.7 Å². The fourth-order valence-electron chi connectivity index (χ4n) is 1.78. The van der Waals surface area contributed by atoms with Gasteiger partial charge in [-0.25, -0.2) is 8.42 Å². The Labute approximate surface area is 118 Å². The second-order valence-corrected chi connectivity index (χ2v) is 6.00. The highest BCUT2D eigenvalue weighted by atomic mass is 32.2. The first-order valence-electron chi connectivity index (χ1n) is 6.26. The summed E-state index contributed by atoms with van der Waals surface area (Å²) < 4.78 is 31.9. The summed E-state index contributed by atoms with van der Waals surface area (Å²) in [6.07, 6.45) is 1.79. The molecule has 0 fully saturated rings. The van der Waals surface area contributed by atoms with Gasteiger partial charge in [0.15, 0.2) is 5.82 Å². The second kappa shape index (κ2) is 5.96. The van der Waals surface area contributed by atoms with Gasteiger partial charge in [0.25, 0.3) is 10.0 Å².